The van der Waals surface area contributed by atoms with Gasteiger partial charge in [-0.15, -0.1) is 0 Å². The molecule has 0 spiro atoms. The Hall–Kier alpha value is -1.18. The minimum Gasteiger partial charge on any atom is -0.508 e. The van der Waals surface area contributed by atoms with E-state index < -0.39 is 0 Å². The predicted molar refractivity (Wildman–Crippen MR) is 67.1 cm³/mol. The van der Waals surface area contributed by atoms with Crippen LogP contribution in [0.5, 0.6) is 11.5 Å². The molecule has 2 nitrogen and oxygen atoms in total. The average molecular weight is 222 g/mol. The summed E-state index contributed by atoms with van der Waals surface area (Å²) in [5.74, 6) is 0.590. The lowest BCUT2D eigenvalue weighted by molar-refractivity contribution is 0.427. The molecule has 0 fully saturated rings. The smallest absolute Gasteiger partial charge is 0.119 e. The molecule has 90 valence electrons. The maximum Gasteiger partial charge on any atom is 0.119 e. The van der Waals surface area contributed by atoms with Crippen molar-refractivity contribution in [1.82, 2.24) is 0 Å². The van der Waals surface area contributed by atoms with E-state index in [0.717, 1.165) is 30.4 Å². The second kappa shape index (κ2) is 4.77. The van der Waals surface area contributed by atoms with Crippen molar-refractivity contribution in [3.8, 4) is 11.5 Å². The average Bonchev–Trinajstić information content (AvgIpc) is 2.17. The van der Waals surface area contributed by atoms with Gasteiger partial charge in [0.15, 0.2) is 0 Å². The first-order valence-electron chi connectivity index (χ1n) is 5.92. The Labute approximate surface area is 97.9 Å². The van der Waals surface area contributed by atoms with Gasteiger partial charge in [-0.2, -0.15) is 0 Å². The fourth-order valence-corrected chi connectivity index (χ4v) is 2.07. The zero-order chi connectivity index (χ0) is 12.3. The molecule has 2 N–H and O–H groups in total. The number of hydrogen-bond acceptors (Lipinski definition) is 2. The topological polar surface area (TPSA) is 40.5 Å². The zero-order valence-electron chi connectivity index (χ0n) is 10.7. The van der Waals surface area contributed by atoms with Crippen LogP contribution in [0.25, 0.3) is 0 Å². The third-order valence-corrected chi connectivity index (χ3v) is 2.80. The molecule has 0 aromatic heterocycles. The summed E-state index contributed by atoms with van der Waals surface area (Å²) in [6.07, 6.45) is 2.93. The van der Waals surface area contributed by atoms with Gasteiger partial charge in [-0.25, -0.2) is 0 Å². The van der Waals surface area contributed by atoms with E-state index in [1.54, 1.807) is 12.1 Å². The quantitative estimate of drug-likeness (QED) is 0.765. The van der Waals surface area contributed by atoms with Crippen molar-refractivity contribution >= 4 is 0 Å². The van der Waals surface area contributed by atoms with Gasteiger partial charge in [0.25, 0.3) is 0 Å². The van der Waals surface area contributed by atoms with Gasteiger partial charge in [0.2, 0.25) is 0 Å². The van der Waals surface area contributed by atoms with Crippen molar-refractivity contribution in [2.24, 2.45) is 0 Å². The van der Waals surface area contributed by atoms with Crippen LogP contribution >= 0.6 is 0 Å². The van der Waals surface area contributed by atoms with E-state index in [1.165, 1.54) is 0 Å². The highest BCUT2D eigenvalue weighted by molar-refractivity contribution is 5.50. The van der Waals surface area contributed by atoms with Gasteiger partial charge in [-0.3, -0.25) is 0 Å². The van der Waals surface area contributed by atoms with Gasteiger partial charge in [-0.1, -0.05) is 34.1 Å². The highest BCUT2D eigenvalue weighted by Gasteiger charge is 2.23. The number of phenols is 2. The molecule has 1 rings (SSSR count). The van der Waals surface area contributed by atoms with Gasteiger partial charge in [-0.05, 0) is 30.4 Å². The number of unbranched alkanes of at least 4 members (excludes halogenated alkanes) is 1. The van der Waals surface area contributed by atoms with Gasteiger partial charge >= 0.3 is 0 Å². The van der Waals surface area contributed by atoms with Crippen molar-refractivity contribution in [1.29, 1.82) is 0 Å². The summed E-state index contributed by atoms with van der Waals surface area (Å²) in [5, 5.41) is 19.8. The molecule has 0 heterocycles. The summed E-state index contributed by atoms with van der Waals surface area (Å²) in [7, 11) is 0. The molecule has 0 atom stereocenters. The van der Waals surface area contributed by atoms with Crippen LogP contribution < -0.4 is 0 Å². The van der Waals surface area contributed by atoms with Crippen LogP contribution in [0.3, 0.4) is 0 Å². The molecular weight excluding hydrogens is 200 g/mol. The van der Waals surface area contributed by atoms with Crippen LogP contribution in [0.1, 0.15) is 51.7 Å². The Kier molecular flexibility index (Phi) is 3.84. The molecule has 0 aliphatic carbocycles. The Balaban J connectivity index is 3.26. The van der Waals surface area contributed by atoms with Crippen LogP contribution in [-0.4, -0.2) is 10.2 Å². The summed E-state index contributed by atoms with van der Waals surface area (Å²) >= 11 is 0. The summed E-state index contributed by atoms with van der Waals surface area (Å²) in [6.45, 7) is 8.28. The highest BCUT2D eigenvalue weighted by Crippen LogP contribution is 2.38. The molecule has 16 heavy (non-hydrogen) atoms. The van der Waals surface area contributed by atoms with E-state index >= 15 is 0 Å². The van der Waals surface area contributed by atoms with Crippen molar-refractivity contribution in [2.45, 2.75) is 52.4 Å². The third-order valence-electron chi connectivity index (χ3n) is 2.80. The molecule has 0 saturated heterocycles. The van der Waals surface area contributed by atoms with Crippen LogP contribution in [-0.2, 0) is 11.8 Å². The molecule has 0 amide bonds. The molecule has 1 aromatic rings. The third kappa shape index (κ3) is 2.69. The number of phenolic OH excluding ortho intramolecular Hbond substituents is 2. The Bertz CT molecular complexity index is 362. The second-order valence-corrected chi connectivity index (χ2v) is 5.31. The van der Waals surface area contributed by atoms with Crippen LogP contribution in [0.15, 0.2) is 12.1 Å². The summed E-state index contributed by atoms with van der Waals surface area (Å²) in [6, 6.07) is 3.15. The lowest BCUT2D eigenvalue weighted by atomic mass is 9.81. The van der Waals surface area contributed by atoms with Crippen LogP contribution in [0.4, 0.5) is 0 Å². The van der Waals surface area contributed by atoms with Gasteiger partial charge in [0.05, 0.1) is 0 Å². The lowest BCUT2D eigenvalue weighted by Crippen LogP contribution is -2.14. The Morgan fingerprint density at radius 2 is 1.62 bits per heavy atom. The van der Waals surface area contributed by atoms with E-state index in [9.17, 15) is 10.2 Å². The fourth-order valence-electron chi connectivity index (χ4n) is 2.07. The van der Waals surface area contributed by atoms with E-state index in [2.05, 4.69) is 27.7 Å². The highest BCUT2D eigenvalue weighted by atomic mass is 16.3. The first kappa shape index (κ1) is 12.9. The fraction of sp³-hybridized carbons (Fsp3) is 0.571. The minimum atomic E-state index is -0.147. The minimum absolute atomic E-state index is 0.147. The molecule has 0 saturated carbocycles. The van der Waals surface area contributed by atoms with Gasteiger partial charge < -0.3 is 10.2 Å². The Morgan fingerprint density at radius 1 is 1.06 bits per heavy atom. The molecule has 0 aliphatic heterocycles. The van der Waals surface area contributed by atoms with E-state index in [0.29, 0.717) is 5.75 Å². The van der Waals surface area contributed by atoms with Crippen molar-refractivity contribution < 1.29 is 10.2 Å². The first-order chi connectivity index (χ1) is 7.38. The molecule has 2 heteroatoms. The first-order valence-corrected chi connectivity index (χ1v) is 5.92. The SMILES string of the molecule is CCCCc1c(O)ccc(O)c1C(C)(C)C. The maximum absolute atomic E-state index is 9.94. The molecule has 0 aliphatic rings. The van der Waals surface area contributed by atoms with Crippen LogP contribution in [0, 0.1) is 0 Å². The molecule has 0 bridgehead atoms. The summed E-state index contributed by atoms with van der Waals surface area (Å²) in [4.78, 5) is 0. The number of hydrogen-bond donors (Lipinski definition) is 2. The van der Waals surface area contributed by atoms with E-state index in [4.69, 9.17) is 0 Å². The number of benzene rings is 1. The monoisotopic (exact) mass is 222 g/mol. The standard InChI is InChI=1S/C14H22O2/c1-5-6-7-10-11(15)8-9-12(16)13(10)14(2,3)4/h8-9,15-16H,5-7H2,1-4H3. The number of rotatable bonds is 3. The predicted octanol–water partition coefficient (Wildman–Crippen LogP) is 3.74. The zero-order valence-corrected chi connectivity index (χ0v) is 10.7. The van der Waals surface area contributed by atoms with Crippen LogP contribution in [0.2, 0.25) is 0 Å². The maximum atomic E-state index is 9.94. The van der Waals surface area contributed by atoms with E-state index in [1.807, 2.05) is 0 Å². The lowest BCUT2D eigenvalue weighted by Gasteiger charge is -2.24. The van der Waals surface area contributed by atoms with Crippen molar-refractivity contribution in [3.05, 3.63) is 23.3 Å². The molecule has 0 unspecified atom stereocenters. The molecule has 1 aromatic carbocycles. The normalized spacial score (nSPS) is 11.8. The van der Waals surface area contributed by atoms with Crippen molar-refractivity contribution in [2.75, 3.05) is 0 Å². The summed E-state index contributed by atoms with van der Waals surface area (Å²) in [5.41, 5.74) is 1.63. The largest absolute Gasteiger partial charge is 0.508 e. The number of aromatic hydroxyl groups is 2. The molecular formula is C14H22O2. The van der Waals surface area contributed by atoms with Gasteiger partial charge in [0.1, 0.15) is 11.5 Å². The second-order valence-electron chi connectivity index (χ2n) is 5.31. The summed E-state index contributed by atoms with van der Waals surface area (Å²) < 4.78 is 0. The van der Waals surface area contributed by atoms with Gasteiger partial charge in [0, 0.05) is 11.1 Å². The van der Waals surface area contributed by atoms with E-state index in [-0.39, 0.29) is 11.2 Å². The Morgan fingerprint density at radius 3 is 2.12 bits per heavy atom. The molecule has 0 radical (unpaired) electrons. The van der Waals surface area contributed by atoms with Crippen molar-refractivity contribution in [3.63, 3.8) is 0 Å².